The largest absolute Gasteiger partial charge is 0.497 e. The lowest BCUT2D eigenvalue weighted by atomic mass is 10.0. The van der Waals surface area contributed by atoms with Gasteiger partial charge in [-0.15, -0.1) is 0 Å². The molecule has 0 unspecified atom stereocenters. The lowest BCUT2D eigenvalue weighted by Gasteiger charge is -2.30. The van der Waals surface area contributed by atoms with E-state index in [1.807, 2.05) is 0 Å². The second kappa shape index (κ2) is 8.00. The van der Waals surface area contributed by atoms with Gasteiger partial charge in [0.2, 0.25) is 0 Å². The van der Waals surface area contributed by atoms with E-state index in [1.54, 1.807) is 43.3 Å². The zero-order chi connectivity index (χ0) is 20.4. The summed E-state index contributed by atoms with van der Waals surface area (Å²) in [4.78, 5) is 26.9. The minimum absolute atomic E-state index is 0.00451. The number of carbonyl (C=O) groups is 2. The predicted octanol–water partition coefficient (Wildman–Crippen LogP) is 3.50. The number of hydrogen-bond acceptors (Lipinski definition) is 5. The molecular weight excluding hydrogens is 400 g/mol. The molecule has 2 aromatic rings. The number of anilines is 1. The Labute approximate surface area is 172 Å². The fourth-order valence-electron chi connectivity index (χ4n) is 2.82. The van der Waals surface area contributed by atoms with E-state index in [2.05, 4.69) is 5.32 Å². The molecule has 1 N–H and O–H groups in total. The molecule has 0 aliphatic carbocycles. The summed E-state index contributed by atoms with van der Waals surface area (Å²) in [7, 11) is 3.03. The number of ether oxygens (including phenoxy) is 2. The minimum Gasteiger partial charge on any atom is -0.497 e. The van der Waals surface area contributed by atoms with Gasteiger partial charge in [-0.3, -0.25) is 19.8 Å². The average Bonchev–Trinajstić information content (AvgIpc) is 2.68. The fourth-order valence-corrected chi connectivity index (χ4v) is 3.27. The van der Waals surface area contributed by atoms with Crippen LogP contribution in [-0.2, 0) is 9.59 Å². The molecule has 2 amide bonds. The molecule has 0 aromatic heterocycles. The number of carbonyl (C=O) groups excluding carboxylic acids is 2. The summed E-state index contributed by atoms with van der Waals surface area (Å²) in [6, 6.07) is 10.2. The van der Waals surface area contributed by atoms with Gasteiger partial charge in [-0.25, -0.2) is 0 Å². The first kappa shape index (κ1) is 19.9. The fraction of sp³-hybridized carbons (Fsp3) is 0.150. The van der Waals surface area contributed by atoms with Gasteiger partial charge in [0.1, 0.15) is 17.1 Å². The van der Waals surface area contributed by atoms with E-state index in [4.69, 9.17) is 33.3 Å². The van der Waals surface area contributed by atoms with Gasteiger partial charge in [-0.2, -0.15) is 0 Å². The van der Waals surface area contributed by atoms with Crippen molar-refractivity contribution >= 4 is 52.5 Å². The first-order valence-electron chi connectivity index (χ1n) is 8.26. The van der Waals surface area contributed by atoms with Crippen LogP contribution in [0.25, 0.3) is 6.08 Å². The number of rotatable bonds is 4. The van der Waals surface area contributed by atoms with Crippen molar-refractivity contribution in [3.8, 4) is 11.5 Å². The maximum absolute atomic E-state index is 13.2. The highest BCUT2D eigenvalue weighted by atomic mass is 35.5. The summed E-state index contributed by atoms with van der Waals surface area (Å²) in [6.45, 7) is 1.78. The number of halogens is 1. The Balaban J connectivity index is 2.11. The van der Waals surface area contributed by atoms with Gasteiger partial charge in [-0.05, 0) is 61.1 Å². The van der Waals surface area contributed by atoms with Gasteiger partial charge in [0.05, 0.1) is 19.9 Å². The molecule has 2 aromatic carbocycles. The van der Waals surface area contributed by atoms with Crippen LogP contribution < -0.4 is 19.7 Å². The first-order chi connectivity index (χ1) is 13.4. The van der Waals surface area contributed by atoms with Crippen LogP contribution in [0, 0.1) is 6.92 Å². The summed E-state index contributed by atoms with van der Waals surface area (Å²) in [5.41, 5.74) is 1.62. The van der Waals surface area contributed by atoms with E-state index >= 15 is 0 Å². The molecule has 3 rings (SSSR count). The van der Waals surface area contributed by atoms with E-state index in [9.17, 15) is 9.59 Å². The number of benzene rings is 2. The Morgan fingerprint density at radius 2 is 1.89 bits per heavy atom. The molecule has 144 valence electrons. The van der Waals surface area contributed by atoms with E-state index in [-0.39, 0.29) is 10.7 Å². The van der Waals surface area contributed by atoms with E-state index < -0.39 is 11.8 Å². The van der Waals surface area contributed by atoms with Crippen molar-refractivity contribution in [1.82, 2.24) is 5.32 Å². The normalized spacial score (nSPS) is 15.6. The molecule has 0 bridgehead atoms. The topological polar surface area (TPSA) is 67.9 Å². The number of hydrogen-bond donors (Lipinski definition) is 1. The van der Waals surface area contributed by atoms with Crippen LogP contribution >= 0.6 is 23.8 Å². The maximum atomic E-state index is 13.2. The van der Waals surface area contributed by atoms with Crippen LogP contribution in [0.5, 0.6) is 11.5 Å². The van der Waals surface area contributed by atoms with E-state index in [0.29, 0.717) is 33.3 Å². The Bertz CT molecular complexity index is 1020. The van der Waals surface area contributed by atoms with Crippen LogP contribution in [0.4, 0.5) is 5.69 Å². The zero-order valence-corrected chi connectivity index (χ0v) is 17.0. The van der Waals surface area contributed by atoms with Gasteiger partial charge in [0, 0.05) is 10.6 Å². The van der Waals surface area contributed by atoms with Crippen LogP contribution in [0.3, 0.4) is 0 Å². The third kappa shape index (κ3) is 3.58. The highest BCUT2D eigenvalue weighted by Crippen LogP contribution is 2.31. The molecule has 6 nitrogen and oxygen atoms in total. The molecule has 28 heavy (non-hydrogen) atoms. The number of methoxy groups -OCH3 is 2. The summed E-state index contributed by atoms with van der Waals surface area (Å²) in [5.74, 6) is -0.0818. The zero-order valence-electron chi connectivity index (χ0n) is 15.4. The standard InChI is InChI=1S/C20H17ClN2O4S/c1-11-15(21)5-4-6-16(11)23-19(25)14(18(24)22-20(23)28)10-12-9-13(26-2)7-8-17(12)27-3/h4-10H,1-3H3,(H,22,24,28)/b14-10-. The molecular formula is C20H17ClN2O4S. The summed E-state index contributed by atoms with van der Waals surface area (Å²) in [5, 5.41) is 3.04. The SMILES string of the molecule is COc1ccc(OC)c(/C=C2/C(=O)NC(=S)N(c3cccc(Cl)c3C)C2=O)c1. The van der Waals surface area contributed by atoms with Crippen LogP contribution in [-0.4, -0.2) is 31.1 Å². The van der Waals surface area contributed by atoms with Gasteiger partial charge in [0.15, 0.2) is 5.11 Å². The average molecular weight is 417 g/mol. The summed E-state index contributed by atoms with van der Waals surface area (Å²) in [6.07, 6.45) is 1.45. The molecule has 0 radical (unpaired) electrons. The third-order valence-corrected chi connectivity index (χ3v) is 5.01. The Hall–Kier alpha value is -2.90. The molecule has 0 spiro atoms. The van der Waals surface area contributed by atoms with Crippen molar-refractivity contribution in [2.75, 3.05) is 19.1 Å². The van der Waals surface area contributed by atoms with Crippen molar-refractivity contribution < 1.29 is 19.1 Å². The van der Waals surface area contributed by atoms with Crippen LogP contribution in [0.1, 0.15) is 11.1 Å². The Morgan fingerprint density at radius 1 is 1.14 bits per heavy atom. The molecule has 1 fully saturated rings. The monoisotopic (exact) mass is 416 g/mol. The second-order valence-electron chi connectivity index (χ2n) is 5.95. The molecule has 8 heteroatoms. The number of nitrogens with zero attached hydrogens (tertiary/aromatic N) is 1. The summed E-state index contributed by atoms with van der Waals surface area (Å²) < 4.78 is 10.5. The Kier molecular flexibility index (Phi) is 5.67. The molecule has 0 saturated carbocycles. The Morgan fingerprint density at radius 3 is 2.57 bits per heavy atom. The van der Waals surface area contributed by atoms with Gasteiger partial charge in [0.25, 0.3) is 11.8 Å². The highest BCUT2D eigenvalue weighted by Gasteiger charge is 2.35. The highest BCUT2D eigenvalue weighted by molar-refractivity contribution is 7.80. The van der Waals surface area contributed by atoms with Crippen molar-refractivity contribution in [3.05, 3.63) is 58.1 Å². The number of nitrogens with one attached hydrogen (secondary N) is 1. The van der Waals surface area contributed by atoms with Crippen molar-refractivity contribution in [2.24, 2.45) is 0 Å². The smallest absolute Gasteiger partial charge is 0.270 e. The van der Waals surface area contributed by atoms with Gasteiger partial charge in [-0.1, -0.05) is 17.7 Å². The second-order valence-corrected chi connectivity index (χ2v) is 6.74. The number of thiocarbonyl (C=S) groups is 1. The molecule has 1 heterocycles. The molecule has 1 aliphatic rings. The van der Waals surface area contributed by atoms with Crippen molar-refractivity contribution in [2.45, 2.75) is 6.92 Å². The van der Waals surface area contributed by atoms with Gasteiger partial charge >= 0.3 is 0 Å². The molecule has 1 aliphatic heterocycles. The lowest BCUT2D eigenvalue weighted by molar-refractivity contribution is -0.122. The van der Waals surface area contributed by atoms with Crippen molar-refractivity contribution in [3.63, 3.8) is 0 Å². The van der Waals surface area contributed by atoms with E-state index in [0.717, 1.165) is 0 Å². The number of amides is 2. The predicted molar refractivity (Wildman–Crippen MR) is 112 cm³/mol. The first-order valence-corrected chi connectivity index (χ1v) is 9.04. The third-order valence-electron chi connectivity index (χ3n) is 4.32. The minimum atomic E-state index is -0.587. The molecule has 1 saturated heterocycles. The van der Waals surface area contributed by atoms with Crippen molar-refractivity contribution in [1.29, 1.82) is 0 Å². The lowest BCUT2D eigenvalue weighted by Crippen LogP contribution is -2.54. The summed E-state index contributed by atoms with van der Waals surface area (Å²) >= 11 is 11.4. The van der Waals surface area contributed by atoms with Crippen LogP contribution in [0.2, 0.25) is 5.02 Å². The quantitative estimate of drug-likeness (QED) is 0.469. The van der Waals surface area contributed by atoms with E-state index in [1.165, 1.54) is 25.2 Å². The molecule has 0 atom stereocenters. The maximum Gasteiger partial charge on any atom is 0.270 e. The van der Waals surface area contributed by atoms with Gasteiger partial charge < -0.3 is 9.47 Å². The van der Waals surface area contributed by atoms with Crippen LogP contribution in [0.15, 0.2) is 42.0 Å².